The van der Waals surface area contributed by atoms with Gasteiger partial charge in [-0.2, -0.15) is 4.31 Å². The third-order valence-corrected chi connectivity index (χ3v) is 9.82. The SMILES string of the molecule is Nc1nc(NC2CCN(S(=O)(=O)c3ccc(OCCN4CCOCC4)nc3)CC2)sc1C(=O)c1c(F)cccc1F. The van der Waals surface area contributed by atoms with Gasteiger partial charge in [-0.05, 0) is 31.0 Å². The number of anilines is 2. The first-order chi connectivity index (χ1) is 19.7. The van der Waals surface area contributed by atoms with Gasteiger partial charge < -0.3 is 20.5 Å². The summed E-state index contributed by atoms with van der Waals surface area (Å²) < 4.78 is 66.9. The molecule has 0 atom stereocenters. The number of ketones is 1. The van der Waals surface area contributed by atoms with E-state index in [0.29, 0.717) is 43.7 Å². The van der Waals surface area contributed by atoms with Crippen LogP contribution in [0.5, 0.6) is 5.88 Å². The van der Waals surface area contributed by atoms with Crippen LogP contribution in [0.25, 0.3) is 0 Å². The number of nitrogen functional groups attached to an aromatic ring is 1. The van der Waals surface area contributed by atoms with Crippen molar-refractivity contribution in [2.75, 3.05) is 63.6 Å². The maximum absolute atomic E-state index is 14.1. The summed E-state index contributed by atoms with van der Waals surface area (Å²) in [5.74, 6) is -2.62. The third kappa shape index (κ3) is 6.81. The summed E-state index contributed by atoms with van der Waals surface area (Å²) in [4.78, 5) is 23.3. The summed E-state index contributed by atoms with van der Waals surface area (Å²) in [5, 5.41) is 3.48. The molecule has 2 saturated heterocycles. The Morgan fingerprint density at radius 2 is 1.83 bits per heavy atom. The van der Waals surface area contributed by atoms with Crippen LogP contribution in [0.4, 0.5) is 19.7 Å². The molecular weight excluding hydrogens is 578 g/mol. The lowest BCUT2D eigenvalue weighted by Gasteiger charge is -2.31. The van der Waals surface area contributed by atoms with Gasteiger partial charge in [-0.3, -0.25) is 9.69 Å². The fourth-order valence-corrected chi connectivity index (χ4v) is 6.98. The van der Waals surface area contributed by atoms with E-state index >= 15 is 0 Å². The van der Waals surface area contributed by atoms with E-state index in [-0.39, 0.29) is 34.7 Å². The van der Waals surface area contributed by atoms with E-state index in [1.165, 1.54) is 22.6 Å². The van der Waals surface area contributed by atoms with E-state index < -0.39 is 33.0 Å². The van der Waals surface area contributed by atoms with E-state index in [0.717, 1.165) is 43.1 Å². The number of carbonyl (C=O) groups is 1. The molecule has 3 aromatic rings. The van der Waals surface area contributed by atoms with Crippen molar-refractivity contribution < 1.29 is 31.5 Å². The molecule has 0 amide bonds. The quantitative estimate of drug-likeness (QED) is 0.330. The molecule has 220 valence electrons. The van der Waals surface area contributed by atoms with Gasteiger partial charge in [0.2, 0.25) is 21.7 Å². The first kappa shape index (κ1) is 29.3. The number of ether oxygens (including phenoxy) is 2. The number of morpholine rings is 1. The van der Waals surface area contributed by atoms with Crippen LogP contribution in [0.2, 0.25) is 0 Å². The normalized spacial score (nSPS) is 17.4. The Kier molecular flexibility index (Phi) is 9.09. The van der Waals surface area contributed by atoms with Gasteiger partial charge in [0.25, 0.3) is 0 Å². The van der Waals surface area contributed by atoms with Crippen LogP contribution in [-0.4, -0.2) is 92.0 Å². The van der Waals surface area contributed by atoms with Crippen LogP contribution < -0.4 is 15.8 Å². The predicted molar refractivity (Wildman–Crippen MR) is 149 cm³/mol. The first-order valence-electron chi connectivity index (χ1n) is 13.1. The molecule has 3 N–H and O–H groups in total. The minimum Gasteiger partial charge on any atom is -0.476 e. The van der Waals surface area contributed by atoms with Gasteiger partial charge in [0.1, 0.15) is 33.8 Å². The smallest absolute Gasteiger partial charge is 0.244 e. The van der Waals surface area contributed by atoms with Crippen molar-refractivity contribution >= 4 is 38.1 Å². The molecule has 11 nitrogen and oxygen atoms in total. The maximum Gasteiger partial charge on any atom is 0.244 e. The number of nitrogens with one attached hydrogen (secondary N) is 1. The van der Waals surface area contributed by atoms with Crippen molar-refractivity contribution in [3.05, 3.63) is 58.6 Å². The molecular formula is C26H30F2N6O5S2. The number of piperidine rings is 1. The highest BCUT2D eigenvalue weighted by Crippen LogP contribution is 2.31. The average molecular weight is 609 g/mol. The molecule has 15 heteroatoms. The van der Waals surface area contributed by atoms with E-state index in [1.807, 2.05) is 0 Å². The standard InChI is InChI=1S/C26H30F2N6O5S2/c27-19-2-1-3-20(28)22(19)23(35)24-25(29)32-26(40-24)31-17-6-8-34(9-7-17)41(36,37)18-4-5-21(30-16-18)39-15-12-33-10-13-38-14-11-33/h1-5,16-17H,6-15,29H2,(H,31,32). The largest absolute Gasteiger partial charge is 0.476 e. The van der Waals surface area contributed by atoms with Gasteiger partial charge in [0, 0.05) is 44.8 Å². The highest BCUT2D eigenvalue weighted by atomic mass is 32.2. The van der Waals surface area contributed by atoms with Crippen molar-refractivity contribution in [2.24, 2.45) is 0 Å². The molecule has 2 aromatic heterocycles. The van der Waals surface area contributed by atoms with E-state index in [1.54, 1.807) is 6.07 Å². The number of thiazole rings is 1. The summed E-state index contributed by atoms with van der Waals surface area (Å²) in [5.41, 5.74) is 5.20. The second-order valence-electron chi connectivity index (χ2n) is 9.62. The molecule has 1 aromatic carbocycles. The summed E-state index contributed by atoms with van der Waals surface area (Å²) in [6, 6.07) is 6.08. The van der Waals surface area contributed by atoms with Crippen LogP contribution in [0.1, 0.15) is 28.1 Å². The number of carbonyl (C=O) groups excluding carboxylic acids is 1. The Morgan fingerprint density at radius 3 is 2.49 bits per heavy atom. The first-order valence-corrected chi connectivity index (χ1v) is 15.4. The second kappa shape index (κ2) is 12.7. The molecule has 0 bridgehead atoms. The Morgan fingerprint density at radius 1 is 1.12 bits per heavy atom. The topological polar surface area (TPSA) is 140 Å². The lowest BCUT2D eigenvalue weighted by molar-refractivity contribution is 0.0320. The van der Waals surface area contributed by atoms with Gasteiger partial charge in [0.15, 0.2) is 5.13 Å². The average Bonchev–Trinajstić information content (AvgIpc) is 3.33. The number of benzene rings is 1. The molecule has 2 aliphatic heterocycles. The van der Waals surface area contributed by atoms with Gasteiger partial charge in [0.05, 0.1) is 25.0 Å². The predicted octanol–water partition coefficient (Wildman–Crippen LogP) is 2.61. The second-order valence-corrected chi connectivity index (χ2v) is 12.6. The number of hydrogen-bond donors (Lipinski definition) is 2. The Balaban J connectivity index is 1.13. The van der Waals surface area contributed by atoms with E-state index in [2.05, 4.69) is 20.2 Å². The highest BCUT2D eigenvalue weighted by molar-refractivity contribution is 7.89. The Hall–Kier alpha value is -3.24. The summed E-state index contributed by atoms with van der Waals surface area (Å²) >= 11 is 0.901. The zero-order chi connectivity index (χ0) is 29.0. The fourth-order valence-electron chi connectivity index (χ4n) is 4.66. The van der Waals surface area contributed by atoms with Crippen LogP contribution in [0.15, 0.2) is 41.4 Å². The monoisotopic (exact) mass is 608 g/mol. The van der Waals surface area contributed by atoms with E-state index in [4.69, 9.17) is 15.2 Å². The highest BCUT2D eigenvalue weighted by Gasteiger charge is 2.31. The summed E-state index contributed by atoms with van der Waals surface area (Å²) in [7, 11) is -3.75. The van der Waals surface area contributed by atoms with Gasteiger partial charge in [-0.15, -0.1) is 0 Å². The lowest BCUT2D eigenvalue weighted by Crippen LogP contribution is -2.42. The number of halogens is 2. The molecule has 0 radical (unpaired) electrons. The van der Waals surface area contributed by atoms with Gasteiger partial charge >= 0.3 is 0 Å². The molecule has 0 spiro atoms. The molecule has 5 rings (SSSR count). The molecule has 41 heavy (non-hydrogen) atoms. The summed E-state index contributed by atoms with van der Waals surface area (Å²) in [6.07, 6.45) is 2.25. The lowest BCUT2D eigenvalue weighted by atomic mass is 10.1. The van der Waals surface area contributed by atoms with Crippen molar-refractivity contribution in [1.82, 2.24) is 19.2 Å². The number of sulfonamides is 1. The van der Waals surface area contributed by atoms with E-state index in [9.17, 15) is 22.0 Å². The van der Waals surface area contributed by atoms with Crippen LogP contribution in [0.3, 0.4) is 0 Å². The van der Waals surface area contributed by atoms with Gasteiger partial charge in [-0.1, -0.05) is 17.4 Å². The van der Waals surface area contributed by atoms with Crippen LogP contribution in [0, 0.1) is 11.6 Å². The minimum atomic E-state index is -3.75. The molecule has 0 saturated carbocycles. The fraction of sp³-hybridized carbons (Fsp3) is 0.423. The third-order valence-electron chi connectivity index (χ3n) is 6.94. The van der Waals surface area contributed by atoms with Crippen LogP contribution >= 0.6 is 11.3 Å². The maximum atomic E-state index is 14.1. The molecule has 2 fully saturated rings. The van der Waals surface area contributed by atoms with Crippen molar-refractivity contribution in [3.8, 4) is 5.88 Å². The number of nitrogens with two attached hydrogens (primary N) is 1. The Labute approximate surface area is 240 Å². The zero-order valence-corrected chi connectivity index (χ0v) is 23.7. The molecule has 2 aliphatic rings. The number of aromatic nitrogens is 2. The molecule has 4 heterocycles. The van der Waals surface area contributed by atoms with Crippen LogP contribution in [-0.2, 0) is 14.8 Å². The van der Waals surface area contributed by atoms with Crippen molar-refractivity contribution in [2.45, 2.75) is 23.8 Å². The van der Waals surface area contributed by atoms with Crippen molar-refractivity contribution in [3.63, 3.8) is 0 Å². The van der Waals surface area contributed by atoms with Crippen molar-refractivity contribution in [1.29, 1.82) is 0 Å². The number of hydrogen-bond acceptors (Lipinski definition) is 11. The molecule has 0 aliphatic carbocycles. The Bertz CT molecular complexity index is 1450. The molecule has 0 unspecified atom stereocenters. The van der Waals surface area contributed by atoms with Gasteiger partial charge in [-0.25, -0.2) is 27.2 Å². The number of nitrogens with zero attached hydrogens (tertiary/aromatic N) is 4. The number of pyridine rings is 1. The zero-order valence-electron chi connectivity index (χ0n) is 22.1. The minimum absolute atomic E-state index is 0.0717. The summed E-state index contributed by atoms with van der Waals surface area (Å²) in [6.45, 7) is 4.82. The number of rotatable bonds is 10.